The Morgan fingerprint density at radius 2 is 2.00 bits per heavy atom. The van der Waals surface area contributed by atoms with E-state index in [0.717, 1.165) is 18.9 Å². The molecule has 0 heterocycles. The number of amides is 1. The van der Waals surface area contributed by atoms with Crippen molar-refractivity contribution in [2.75, 3.05) is 0 Å². The standard InChI is InChI=1S/C20H26FNO3/c1-13-7-6-10-18(14(13)2)22-20(24)15(3)25-19(23)12-11-16-8-4-5-9-17(16)21/h4-5,8-9,11-15,18H,6-7,10H2,1-3H3,(H,22,24)/b12-11+/t13-,14-,15-,18+/m1/s1. The molecule has 0 radical (unpaired) electrons. The average Bonchev–Trinajstić information content (AvgIpc) is 2.58. The van der Waals surface area contributed by atoms with Crippen LogP contribution in [-0.4, -0.2) is 24.0 Å². The maximum Gasteiger partial charge on any atom is 0.331 e. The summed E-state index contributed by atoms with van der Waals surface area (Å²) in [4.78, 5) is 24.1. The van der Waals surface area contributed by atoms with Gasteiger partial charge in [-0.3, -0.25) is 4.79 Å². The molecule has 0 aromatic heterocycles. The molecule has 0 bridgehead atoms. The van der Waals surface area contributed by atoms with Crippen LogP contribution in [0.2, 0.25) is 0 Å². The lowest BCUT2D eigenvalue weighted by Gasteiger charge is -2.35. The second kappa shape index (κ2) is 8.79. The Balaban J connectivity index is 1.86. The molecule has 1 amide bonds. The fraction of sp³-hybridized carbons (Fsp3) is 0.500. The molecule has 1 saturated carbocycles. The summed E-state index contributed by atoms with van der Waals surface area (Å²) in [7, 11) is 0. The minimum absolute atomic E-state index is 0.117. The Morgan fingerprint density at radius 1 is 1.28 bits per heavy atom. The highest BCUT2D eigenvalue weighted by Crippen LogP contribution is 2.29. The molecule has 1 aromatic rings. The summed E-state index contributed by atoms with van der Waals surface area (Å²) in [6.07, 6.45) is 4.81. The van der Waals surface area contributed by atoms with Gasteiger partial charge in [-0.25, -0.2) is 9.18 Å². The Bertz CT molecular complexity index is 644. The molecule has 4 nitrogen and oxygen atoms in total. The van der Waals surface area contributed by atoms with E-state index in [2.05, 4.69) is 19.2 Å². The predicted octanol–water partition coefficient (Wildman–Crippen LogP) is 3.71. The molecular formula is C20H26FNO3. The van der Waals surface area contributed by atoms with Gasteiger partial charge in [-0.15, -0.1) is 0 Å². The smallest absolute Gasteiger partial charge is 0.331 e. The Hall–Kier alpha value is -2.17. The summed E-state index contributed by atoms with van der Waals surface area (Å²) < 4.78 is 18.6. The van der Waals surface area contributed by atoms with Gasteiger partial charge in [0.1, 0.15) is 5.82 Å². The zero-order chi connectivity index (χ0) is 18.4. The molecule has 1 aromatic carbocycles. The Morgan fingerprint density at radius 3 is 2.72 bits per heavy atom. The lowest BCUT2D eigenvalue weighted by atomic mass is 9.78. The van der Waals surface area contributed by atoms with Gasteiger partial charge in [0.05, 0.1) is 0 Å². The number of halogens is 1. The van der Waals surface area contributed by atoms with Crippen LogP contribution in [0.15, 0.2) is 30.3 Å². The zero-order valence-electron chi connectivity index (χ0n) is 15.0. The number of ether oxygens (including phenoxy) is 1. The van der Waals surface area contributed by atoms with Crippen LogP contribution in [0.3, 0.4) is 0 Å². The molecule has 1 aliphatic rings. The van der Waals surface area contributed by atoms with E-state index in [-0.39, 0.29) is 11.9 Å². The van der Waals surface area contributed by atoms with E-state index in [1.54, 1.807) is 25.1 Å². The Labute approximate surface area is 148 Å². The van der Waals surface area contributed by atoms with Crippen molar-refractivity contribution in [3.8, 4) is 0 Å². The van der Waals surface area contributed by atoms with Gasteiger partial charge in [-0.2, -0.15) is 0 Å². The largest absolute Gasteiger partial charge is 0.449 e. The first-order valence-electron chi connectivity index (χ1n) is 8.82. The third kappa shape index (κ3) is 5.41. The van der Waals surface area contributed by atoms with Crippen molar-refractivity contribution >= 4 is 18.0 Å². The number of carbonyl (C=O) groups excluding carboxylic acids is 2. The van der Waals surface area contributed by atoms with Crippen molar-refractivity contribution in [3.63, 3.8) is 0 Å². The summed E-state index contributed by atoms with van der Waals surface area (Å²) in [6, 6.07) is 6.24. The third-order valence-corrected chi connectivity index (χ3v) is 5.00. The molecule has 0 saturated heterocycles. The second-order valence-electron chi connectivity index (χ2n) is 6.82. The van der Waals surface area contributed by atoms with Gasteiger partial charge in [0.25, 0.3) is 5.91 Å². The van der Waals surface area contributed by atoms with E-state index in [1.807, 2.05) is 0 Å². The Kier molecular flexibility index (Phi) is 6.73. The molecule has 136 valence electrons. The molecule has 0 aliphatic heterocycles. The summed E-state index contributed by atoms with van der Waals surface area (Å²) in [6.45, 7) is 5.88. The zero-order valence-corrected chi connectivity index (χ0v) is 15.0. The van der Waals surface area contributed by atoms with Gasteiger partial charge in [0.15, 0.2) is 6.10 Å². The van der Waals surface area contributed by atoms with Crippen molar-refractivity contribution < 1.29 is 18.7 Å². The van der Waals surface area contributed by atoms with Gasteiger partial charge in [-0.05, 0) is 37.3 Å². The van der Waals surface area contributed by atoms with Crippen LogP contribution in [-0.2, 0) is 14.3 Å². The summed E-state index contributed by atoms with van der Waals surface area (Å²) >= 11 is 0. The van der Waals surface area contributed by atoms with Crippen molar-refractivity contribution in [2.45, 2.75) is 52.2 Å². The molecular weight excluding hydrogens is 321 g/mol. The minimum Gasteiger partial charge on any atom is -0.449 e. The molecule has 0 spiro atoms. The normalized spacial score (nSPS) is 24.7. The minimum atomic E-state index is -0.887. The summed E-state index contributed by atoms with van der Waals surface area (Å²) in [5, 5.41) is 2.99. The number of benzene rings is 1. The van der Waals surface area contributed by atoms with Gasteiger partial charge >= 0.3 is 5.97 Å². The highest BCUT2D eigenvalue weighted by atomic mass is 19.1. The maximum atomic E-state index is 13.5. The SMILES string of the molecule is C[C@@H]1[C@H](C)CCC[C@@H]1NC(=O)[C@@H](C)OC(=O)/C=C/c1ccccc1F. The number of esters is 1. The van der Waals surface area contributed by atoms with Crippen LogP contribution < -0.4 is 5.32 Å². The first-order chi connectivity index (χ1) is 11.9. The lowest BCUT2D eigenvalue weighted by Crippen LogP contribution is -2.47. The number of hydrogen-bond donors (Lipinski definition) is 1. The van der Waals surface area contributed by atoms with E-state index in [0.29, 0.717) is 17.4 Å². The van der Waals surface area contributed by atoms with Gasteiger partial charge in [0.2, 0.25) is 0 Å². The molecule has 2 rings (SSSR count). The van der Waals surface area contributed by atoms with Crippen LogP contribution in [0.25, 0.3) is 6.08 Å². The van der Waals surface area contributed by atoms with E-state index >= 15 is 0 Å². The van der Waals surface area contributed by atoms with Crippen LogP contribution in [0.5, 0.6) is 0 Å². The highest BCUT2D eigenvalue weighted by Gasteiger charge is 2.29. The second-order valence-corrected chi connectivity index (χ2v) is 6.82. The number of hydrogen-bond acceptors (Lipinski definition) is 3. The molecule has 4 atom stereocenters. The fourth-order valence-electron chi connectivity index (χ4n) is 3.12. The van der Waals surface area contributed by atoms with Crippen LogP contribution >= 0.6 is 0 Å². The average molecular weight is 347 g/mol. The van der Waals surface area contributed by atoms with E-state index in [4.69, 9.17) is 4.74 Å². The number of carbonyl (C=O) groups is 2. The molecule has 25 heavy (non-hydrogen) atoms. The number of nitrogens with one attached hydrogen (secondary N) is 1. The van der Waals surface area contributed by atoms with Crippen molar-refractivity contribution in [1.82, 2.24) is 5.32 Å². The summed E-state index contributed by atoms with van der Waals surface area (Å²) in [5.74, 6) is -0.408. The van der Waals surface area contributed by atoms with Crippen molar-refractivity contribution in [2.24, 2.45) is 11.8 Å². The quantitative estimate of drug-likeness (QED) is 0.652. The molecule has 5 heteroatoms. The first kappa shape index (κ1) is 19.2. The van der Waals surface area contributed by atoms with Crippen LogP contribution in [0.1, 0.15) is 45.6 Å². The predicted molar refractivity (Wildman–Crippen MR) is 95.1 cm³/mol. The highest BCUT2D eigenvalue weighted by molar-refractivity contribution is 5.90. The molecule has 1 aliphatic carbocycles. The van der Waals surface area contributed by atoms with Crippen LogP contribution in [0, 0.1) is 17.7 Å². The van der Waals surface area contributed by atoms with Gasteiger partial charge in [-0.1, -0.05) is 44.9 Å². The van der Waals surface area contributed by atoms with Gasteiger partial charge < -0.3 is 10.1 Å². The lowest BCUT2D eigenvalue weighted by molar-refractivity contribution is -0.150. The first-order valence-corrected chi connectivity index (χ1v) is 8.82. The fourth-order valence-corrected chi connectivity index (χ4v) is 3.12. The molecule has 0 unspecified atom stereocenters. The summed E-state index contributed by atoms with van der Waals surface area (Å²) in [5.41, 5.74) is 0.293. The molecule has 1 fully saturated rings. The monoisotopic (exact) mass is 347 g/mol. The van der Waals surface area contributed by atoms with Crippen LogP contribution in [0.4, 0.5) is 4.39 Å². The third-order valence-electron chi connectivity index (χ3n) is 5.00. The van der Waals surface area contributed by atoms with E-state index < -0.39 is 17.9 Å². The van der Waals surface area contributed by atoms with Gasteiger partial charge in [0, 0.05) is 17.7 Å². The van der Waals surface area contributed by atoms with E-state index in [1.165, 1.54) is 18.6 Å². The van der Waals surface area contributed by atoms with Crippen molar-refractivity contribution in [3.05, 3.63) is 41.7 Å². The maximum absolute atomic E-state index is 13.5. The molecule has 1 N–H and O–H groups in total. The number of rotatable bonds is 5. The van der Waals surface area contributed by atoms with Crippen molar-refractivity contribution in [1.29, 1.82) is 0 Å². The van der Waals surface area contributed by atoms with E-state index in [9.17, 15) is 14.0 Å². The topological polar surface area (TPSA) is 55.4 Å².